The van der Waals surface area contributed by atoms with Gasteiger partial charge in [-0.1, -0.05) is 23.7 Å². The topological polar surface area (TPSA) is 93.5 Å². The van der Waals surface area contributed by atoms with Crippen LogP contribution in [0.1, 0.15) is 41.6 Å². The van der Waals surface area contributed by atoms with Gasteiger partial charge in [-0.2, -0.15) is 5.10 Å². The highest BCUT2D eigenvalue weighted by Gasteiger charge is 2.31. The zero-order valence-electron chi connectivity index (χ0n) is 17.8. The number of hydrogen-bond donors (Lipinski definition) is 2. The van der Waals surface area contributed by atoms with E-state index in [1.165, 1.54) is 30.5 Å². The number of carboxylic acids is 1. The Labute approximate surface area is 197 Å². The zero-order valence-corrected chi connectivity index (χ0v) is 18.6. The molecule has 1 fully saturated rings. The number of aliphatic carboxylic acids is 1. The maximum absolute atomic E-state index is 13.1. The van der Waals surface area contributed by atoms with E-state index >= 15 is 0 Å². The second kappa shape index (κ2) is 9.54. The van der Waals surface area contributed by atoms with Crippen molar-refractivity contribution in [1.29, 1.82) is 0 Å². The summed E-state index contributed by atoms with van der Waals surface area (Å²) in [6, 6.07) is 8.47. The Kier molecular flexibility index (Phi) is 6.70. The first-order valence-electron chi connectivity index (χ1n) is 10.6. The molecule has 0 aliphatic heterocycles. The van der Waals surface area contributed by atoms with E-state index in [2.05, 4.69) is 15.2 Å². The monoisotopic (exact) mass is 495 g/mol. The van der Waals surface area contributed by atoms with Gasteiger partial charge in [-0.3, -0.25) is 14.3 Å². The molecule has 1 heterocycles. The number of fused-ring (bicyclic) bond motifs is 1. The lowest BCUT2D eigenvalue weighted by molar-refractivity contribution is -0.274. The summed E-state index contributed by atoms with van der Waals surface area (Å²) < 4.78 is 42.6. The van der Waals surface area contributed by atoms with Crippen LogP contribution in [0.2, 0.25) is 5.02 Å². The minimum absolute atomic E-state index is 0.133. The van der Waals surface area contributed by atoms with Gasteiger partial charge < -0.3 is 15.2 Å². The summed E-state index contributed by atoms with van der Waals surface area (Å²) in [6.45, 7) is 0.195. The van der Waals surface area contributed by atoms with Crippen LogP contribution >= 0.6 is 11.6 Å². The summed E-state index contributed by atoms with van der Waals surface area (Å²) >= 11 is 6.31. The largest absolute Gasteiger partial charge is 0.573 e. The molecule has 11 heteroatoms. The summed E-state index contributed by atoms with van der Waals surface area (Å²) in [5, 5.41) is 17.4. The van der Waals surface area contributed by atoms with Crippen molar-refractivity contribution in [2.24, 2.45) is 5.92 Å². The lowest BCUT2D eigenvalue weighted by Gasteiger charge is -2.27. The lowest BCUT2D eigenvalue weighted by atomic mass is 9.86. The molecular weight excluding hydrogens is 475 g/mol. The lowest BCUT2D eigenvalue weighted by Crippen LogP contribution is -2.38. The number of ether oxygens (including phenoxy) is 1. The quantitative estimate of drug-likeness (QED) is 0.501. The van der Waals surface area contributed by atoms with E-state index in [0.29, 0.717) is 52.7 Å². The normalized spacial score (nSPS) is 18.6. The number of rotatable bonds is 6. The van der Waals surface area contributed by atoms with Gasteiger partial charge in [0.15, 0.2) is 0 Å². The maximum Gasteiger partial charge on any atom is 0.573 e. The van der Waals surface area contributed by atoms with Crippen LogP contribution in [0, 0.1) is 5.92 Å². The van der Waals surface area contributed by atoms with Crippen LogP contribution in [0.15, 0.2) is 42.6 Å². The Balaban J connectivity index is 1.54. The molecule has 0 bridgehead atoms. The van der Waals surface area contributed by atoms with Crippen molar-refractivity contribution in [2.45, 2.75) is 44.6 Å². The van der Waals surface area contributed by atoms with Gasteiger partial charge in [-0.05, 0) is 55.5 Å². The van der Waals surface area contributed by atoms with Crippen molar-refractivity contribution in [3.63, 3.8) is 0 Å². The third kappa shape index (κ3) is 5.44. The molecule has 1 saturated carbocycles. The average molecular weight is 496 g/mol. The van der Waals surface area contributed by atoms with Gasteiger partial charge in [0, 0.05) is 11.4 Å². The van der Waals surface area contributed by atoms with Gasteiger partial charge in [-0.25, -0.2) is 0 Å². The highest BCUT2D eigenvalue weighted by Crippen LogP contribution is 2.29. The number of nitrogens with one attached hydrogen (secondary N) is 1. The van der Waals surface area contributed by atoms with Crippen LogP contribution in [0.4, 0.5) is 13.2 Å². The summed E-state index contributed by atoms with van der Waals surface area (Å²) in [4.78, 5) is 24.3. The number of carbonyl (C=O) groups is 2. The van der Waals surface area contributed by atoms with Crippen LogP contribution in [-0.2, 0) is 11.3 Å². The molecule has 1 amide bonds. The molecule has 180 valence electrons. The number of alkyl halides is 3. The van der Waals surface area contributed by atoms with Crippen molar-refractivity contribution in [2.75, 3.05) is 0 Å². The Bertz CT molecular complexity index is 1200. The highest BCUT2D eigenvalue weighted by molar-refractivity contribution is 6.36. The van der Waals surface area contributed by atoms with Crippen LogP contribution < -0.4 is 10.1 Å². The standard InChI is InChI=1S/C23H21ClF3N3O4/c24-19-10-9-17(21(31)29-15-5-3-14(4-6-15)22(32)33)20-18(19)11-28-30(20)12-13-1-7-16(8-2-13)34-23(25,26)27/h1-2,7-11,14-15H,3-6,12H2,(H,29,31)(H,32,33). The van der Waals surface area contributed by atoms with E-state index in [1.807, 2.05) is 0 Å². The fraction of sp³-hybridized carbons (Fsp3) is 0.348. The van der Waals surface area contributed by atoms with Crippen molar-refractivity contribution < 1.29 is 32.6 Å². The van der Waals surface area contributed by atoms with Crippen molar-refractivity contribution in [3.8, 4) is 5.75 Å². The van der Waals surface area contributed by atoms with Gasteiger partial charge in [-0.15, -0.1) is 13.2 Å². The van der Waals surface area contributed by atoms with Gasteiger partial charge in [0.25, 0.3) is 5.91 Å². The Morgan fingerprint density at radius 2 is 1.79 bits per heavy atom. The number of hydrogen-bond acceptors (Lipinski definition) is 4. The summed E-state index contributed by atoms with van der Waals surface area (Å²) in [6.07, 6.45) is -1.08. The minimum Gasteiger partial charge on any atom is -0.481 e. The Hall–Kier alpha value is -3.27. The van der Waals surface area contributed by atoms with Crippen molar-refractivity contribution in [1.82, 2.24) is 15.1 Å². The second-order valence-corrected chi connectivity index (χ2v) is 8.62. The first-order chi connectivity index (χ1) is 16.1. The molecule has 34 heavy (non-hydrogen) atoms. The van der Waals surface area contributed by atoms with Crippen molar-refractivity contribution in [3.05, 3.63) is 58.7 Å². The molecule has 2 aromatic carbocycles. The van der Waals surface area contributed by atoms with Crippen LogP contribution in [0.25, 0.3) is 10.9 Å². The SMILES string of the molecule is O=C(NC1CCC(C(=O)O)CC1)c1ccc(Cl)c2cnn(Cc3ccc(OC(F)(F)F)cc3)c12. The Morgan fingerprint density at radius 3 is 2.41 bits per heavy atom. The molecule has 0 unspecified atom stereocenters. The molecule has 0 spiro atoms. The molecule has 3 aromatic rings. The number of amides is 1. The van der Waals surface area contributed by atoms with Gasteiger partial charge in [0.05, 0.1) is 34.8 Å². The fourth-order valence-corrected chi connectivity index (χ4v) is 4.39. The summed E-state index contributed by atoms with van der Waals surface area (Å²) in [7, 11) is 0. The number of carbonyl (C=O) groups excluding carboxylic acids is 1. The number of halogens is 4. The number of carboxylic acid groups (broad SMARTS) is 1. The molecule has 7 nitrogen and oxygen atoms in total. The minimum atomic E-state index is -4.77. The Morgan fingerprint density at radius 1 is 1.12 bits per heavy atom. The van der Waals surface area contributed by atoms with E-state index in [-0.39, 0.29) is 30.2 Å². The van der Waals surface area contributed by atoms with Crippen LogP contribution in [-0.4, -0.2) is 39.2 Å². The van der Waals surface area contributed by atoms with E-state index in [0.717, 1.165) is 0 Å². The molecule has 4 rings (SSSR count). The number of aromatic nitrogens is 2. The molecule has 0 radical (unpaired) electrons. The summed E-state index contributed by atoms with van der Waals surface area (Å²) in [5.41, 5.74) is 1.51. The van der Waals surface area contributed by atoms with Crippen LogP contribution in [0.5, 0.6) is 5.75 Å². The molecular formula is C23H21ClF3N3O4. The van der Waals surface area contributed by atoms with E-state index in [1.54, 1.807) is 16.8 Å². The molecule has 1 aliphatic rings. The highest BCUT2D eigenvalue weighted by atomic mass is 35.5. The van der Waals surface area contributed by atoms with E-state index in [4.69, 9.17) is 16.7 Å². The molecule has 1 aliphatic carbocycles. The van der Waals surface area contributed by atoms with Gasteiger partial charge in [0.1, 0.15) is 5.75 Å². The first kappa shape index (κ1) is 23.9. The van der Waals surface area contributed by atoms with E-state index < -0.39 is 12.3 Å². The van der Waals surface area contributed by atoms with Gasteiger partial charge >= 0.3 is 12.3 Å². The van der Waals surface area contributed by atoms with Gasteiger partial charge in [0.2, 0.25) is 0 Å². The average Bonchev–Trinajstić information content (AvgIpc) is 3.19. The first-order valence-corrected chi connectivity index (χ1v) is 11.0. The molecule has 0 atom stereocenters. The third-order valence-corrected chi connectivity index (χ3v) is 6.22. The zero-order chi connectivity index (χ0) is 24.5. The summed E-state index contributed by atoms with van der Waals surface area (Å²) in [5.74, 6) is -1.85. The third-order valence-electron chi connectivity index (χ3n) is 5.89. The predicted molar refractivity (Wildman–Crippen MR) is 118 cm³/mol. The second-order valence-electron chi connectivity index (χ2n) is 8.21. The number of benzene rings is 2. The smallest absolute Gasteiger partial charge is 0.481 e. The van der Waals surface area contributed by atoms with E-state index in [9.17, 15) is 22.8 Å². The molecule has 2 N–H and O–H groups in total. The van der Waals surface area contributed by atoms with Crippen molar-refractivity contribution >= 4 is 34.4 Å². The molecule has 0 saturated heterocycles. The maximum atomic E-state index is 13.1. The van der Waals surface area contributed by atoms with Crippen LogP contribution in [0.3, 0.4) is 0 Å². The predicted octanol–water partition coefficient (Wildman–Crippen LogP) is 5.01. The molecule has 1 aromatic heterocycles. The fourth-order valence-electron chi connectivity index (χ4n) is 4.19. The number of nitrogens with zero attached hydrogens (tertiary/aromatic N) is 2.